The van der Waals surface area contributed by atoms with Crippen LogP contribution in [-0.4, -0.2) is 31.0 Å². The standard InChI is InChI=1S/C16H19FO3/c17-14-10-13(4-1-2-7-18)11-16(12-14)20-9-6-15-5-3-8-19-15/h10-12,15,18H,2-3,5-9H2. The molecule has 1 fully saturated rings. The van der Waals surface area contributed by atoms with Crippen molar-refractivity contribution in [1.29, 1.82) is 0 Å². The summed E-state index contributed by atoms with van der Waals surface area (Å²) in [7, 11) is 0. The Bertz CT molecular complexity index is 484. The van der Waals surface area contributed by atoms with Crippen LogP contribution in [-0.2, 0) is 4.74 Å². The fraction of sp³-hybridized carbons (Fsp3) is 0.500. The lowest BCUT2D eigenvalue weighted by atomic mass is 10.2. The average Bonchev–Trinajstić information content (AvgIpc) is 2.92. The van der Waals surface area contributed by atoms with Crippen molar-refractivity contribution in [3.05, 3.63) is 29.6 Å². The van der Waals surface area contributed by atoms with Crippen LogP contribution in [0.5, 0.6) is 5.75 Å². The van der Waals surface area contributed by atoms with Crippen LogP contribution in [0.2, 0.25) is 0 Å². The smallest absolute Gasteiger partial charge is 0.128 e. The number of aliphatic hydroxyl groups is 1. The van der Waals surface area contributed by atoms with Gasteiger partial charge in [0.05, 0.1) is 19.3 Å². The molecular weight excluding hydrogens is 259 g/mol. The number of rotatable bonds is 5. The first-order valence-corrected chi connectivity index (χ1v) is 6.92. The summed E-state index contributed by atoms with van der Waals surface area (Å²) >= 11 is 0. The second-order valence-corrected chi connectivity index (χ2v) is 4.72. The van der Waals surface area contributed by atoms with E-state index in [1.807, 2.05) is 0 Å². The van der Waals surface area contributed by atoms with Crippen LogP contribution in [0, 0.1) is 17.7 Å². The predicted molar refractivity (Wildman–Crippen MR) is 74.1 cm³/mol. The van der Waals surface area contributed by atoms with Crippen LogP contribution in [0.4, 0.5) is 4.39 Å². The van der Waals surface area contributed by atoms with Gasteiger partial charge < -0.3 is 14.6 Å². The van der Waals surface area contributed by atoms with Crippen molar-refractivity contribution in [2.75, 3.05) is 19.8 Å². The Kier molecular flexibility index (Phi) is 5.85. The summed E-state index contributed by atoms with van der Waals surface area (Å²) in [5, 5.41) is 8.66. The molecule has 1 unspecified atom stereocenters. The van der Waals surface area contributed by atoms with Crippen molar-refractivity contribution in [3.8, 4) is 17.6 Å². The quantitative estimate of drug-likeness (QED) is 0.841. The van der Waals surface area contributed by atoms with E-state index in [1.54, 1.807) is 6.07 Å². The predicted octanol–water partition coefficient (Wildman–Crippen LogP) is 2.51. The van der Waals surface area contributed by atoms with Gasteiger partial charge in [-0.2, -0.15) is 0 Å². The highest BCUT2D eigenvalue weighted by Gasteiger charge is 2.15. The Hall–Kier alpha value is -1.57. The van der Waals surface area contributed by atoms with Crippen LogP contribution in [0.3, 0.4) is 0 Å². The molecule has 20 heavy (non-hydrogen) atoms. The first-order valence-electron chi connectivity index (χ1n) is 6.92. The van der Waals surface area contributed by atoms with Crippen LogP contribution < -0.4 is 4.74 Å². The second-order valence-electron chi connectivity index (χ2n) is 4.72. The van der Waals surface area contributed by atoms with Gasteiger partial charge in [0.25, 0.3) is 0 Å². The van der Waals surface area contributed by atoms with E-state index >= 15 is 0 Å². The fourth-order valence-corrected chi connectivity index (χ4v) is 2.12. The van der Waals surface area contributed by atoms with Crippen LogP contribution >= 0.6 is 0 Å². The Morgan fingerprint density at radius 3 is 3.05 bits per heavy atom. The van der Waals surface area contributed by atoms with Gasteiger partial charge in [-0.25, -0.2) is 4.39 Å². The topological polar surface area (TPSA) is 38.7 Å². The van der Waals surface area contributed by atoms with Gasteiger partial charge in [0.2, 0.25) is 0 Å². The first-order chi connectivity index (χ1) is 9.78. The molecule has 1 aromatic rings. The van der Waals surface area contributed by atoms with Crippen molar-refractivity contribution in [2.24, 2.45) is 0 Å². The summed E-state index contributed by atoms with van der Waals surface area (Å²) in [6, 6.07) is 4.42. The van der Waals surface area contributed by atoms with Gasteiger partial charge in [0, 0.05) is 31.1 Å². The highest BCUT2D eigenvalue weighted by atomic mass is 19.1. The maximum atomic E-state index is 13.4. The highest BCUT2D eigenvalue weighted by Crippen LogP contribution is 2.19. The molecule has 1 aliphatic heterocycles. The van der Waals surface area contributed by atoms with E-state index < -0.39 is 0 Å². The molecule has 0 bridgehead atoms. The number of ether oxygens (including phenoxy) is 2. The zero-order valence-corrected chi connectivity index (χ0v) is 11.4. The Labute approximate surface area is 118 Å². The second kappa shape index (κ2) is 7.88. The number of benzene rings is 1. The largest absolute Gasteiger partial charge is 0.493 e. The van der Waals surface area contributed by atoms with Gasteiger partial charge in [0.15, 0.2) is 0 Å². The molecule has 1 atom stereocenters. The maximum absolute atomic E-state index is 13.4. The van der Waals surface area contributed by atoms with E-state index in [0.29, 0.717) is 24.3 Å². The average molecular weight is 278 g/mol. The third-order valence-corrected chi connectivity index (χ3v) is 3.07. The third kappa shape index (κ3) is 4.84. The molecule has 0 radical (unpaired) electrons. The number of halogens is 1. The molecule has 0 aliphatic carbocycles. The molecule has 0 spiro atoms. The number of hydrogen-bond donors (Lipinski definition) is 1. The Morgan fingerprint density at radius 1 is 1.40 bits per heavy atom. The third-order valence-electron chi connectivity index (χ3n) is 3.07. The summed E-state index contributed by atoms with van der Waals surface area (Å²) < 4.78 is 24.5. The van der Waals surface area contributed by atoms with Gasteiger partial charge in [-0.05, 0) is 25.0 Å². The normalized spacial score (nSPS) is 17.6. The summed E-state index contributed by atoms with van der Waals surface area (Å²) in [4.78, 5) is 0. The van der Waals surface area contributed by atoms with Gasteiger partial charge in [-0.3, -0.25) is 0 Å². The minimum atomic E-state index is -0.368. The lowest BCUT2D eigenvalue weighted by Crippen LogP contribution is -2.10. The summed E-state index contributed by atoms with van der Waals surface area (Å²) in [6.07, 6.45) is 3.65. The van der Waals surface area contributed by atoms with E-state index in [4.69, 9.17) is 14.6 Å². The van der Waals surface area contributed by atoms with Gasteiger partial charge >= 0.3 is 0 Å². The molecular formula is C16H19FO3. The monoisotopic (exact) mass is 278 g/mol. The summed E-state index contributed by atoms with van der Waals surface area (Å²) in [5.41, 5.74) is 0.561. The molecule has 0 amide bonds. The van der Waals surface area contributed by atoms with Crippen LogP contribution in [0.1, 0.15) is 31.2 Å². The van der Waals surface area contributed by atoms with E-state index in [0.717, 1.165) is 25.9 Å². The lowest BCUT2D eigenvalue weighted by Gasteiger charge is -2.11. The minimum Gasteiger partial charge on any atom is -0.493 e. The molecule has 1 heterocycles. The molecule has 0 aromatic heterocycles. The molecule has 1 aromatic carbocycles. The molecule has 1 N–H and O–H groups in total. The molecule has 1 aliphatic rings. The van der Waals surface area contributed by atoms with E-state index in [2.05, 4.69) is 11.8 Å². The molecule has 2 rings (SSSR count). The highest BCUT2D eigenvalue weighted by molar-refractivity contribution is 5.40. The van der Waals surface area contributed by atoms with Crippen molar-refractivity contribution >= 4 is 0 Å². The van der Waals surface area contributed by atoms with Crippen LogP contribution in [0.15, 0.2) is 18.2 Å². The van der Waals surface area contributed by atoms with Crippen molar-refractivity contribution < 1.29 is 19.0 Å². The number of aliphatic hydroxyl groups excluding tert-OH is 1. The molecule has 3 nitrogen and oxygen atoms in total. The fourth-order valence-electron chi connectivity index (χ4n) is 2.12. The molecule has 1 saturated heterocycles. The van der Waals surface area contributed by atoms with E-state index in [1.165, 1.54) is 12.1 Å². The molecule has 108 valence electrons. The van der Waals surface area contributed by atoms with Crippen molar-refractivity contribution in [3.63, 3.8) is 0 Å². The Balaban J connectivity index is 1.88. The zero-order chi connectivity index (χ0) is 14.2. The summed E-state index contributed by atoms with van der Waals surface area (Å²) in [6.45, 7) is 1.35. The molecule has 4 heteroatoms. The minimum absolute atomic E-state index is 0.00701. The van der Waals surface area contributed by atoms with E-state index in [-0.39, 0.29) is 18.5 Å². The van der Waals surface area contributed by atoms with Crippen LogP contribution in [0.25, 0.3) is 0 Å². The summed E-state index contributed by atoms with van der Waals surface area (Å²) in [5.74, 6) is 5.68. The van der Waals surface area contributed by atoms with Gasteiger partial charge in [-0.15, -0.1) is 0 Å². The van der Waals surface area contributed by atoms with Gasteiger partial charge in [0.1, 0.15) is 11.6 Å². The maximum Gasteiger partial charge on any atom is 0.128 e. The van der Waals surface area contributed by atoms with E-state index in [9.17, 15) is 4.39 Å². The zero-order valence-electron chi connectivity index (χ0n) is 11.4. The first kappa shape index (κ1) is 14.8. The molecule has 0 saturated carbocycles. The Morgan fingerprint density at radius 2 is 2.30 bits per heavy atom. The van der Waals surface area contributed by atoms with Crippen molar-refractivity contribution in [2.45, 2.75) is 31.8 Å². The SMILES string of the molecule is OCCC#Cc1cc(F)cc(OCCC2CCCO2)c1. The van der Waals surface area contributed by atoms with Crippen molar-refractivity contribution in [1.82, 2.24) is 0 Å². The van der Waals surface area contributed by atoms with Gasteiger partial charge in [-0.1, -0.05) is 11.8 Å². The number of hydrogen-bond acceptors (Lipinski definition) is 3. The lowest BCUT2D eigenvalue weighted by molar-refractivity contribution is 0.0903.